The maximum Gasteiger partial charge on any atom is 0.290 e. The molecule has 4 rings (SSSR count). The van der Waals surface area contributed by atoms with Gasteiger partial charge >= 0.3 is 0 Å². The summed E-state index contributed by atoms with van der Waals surface area (Å²) in [5, 5.41) is 8.29. The van der Waals surface area contributed by atoms with Crippen LogP contribution < -0.4 is 0 Å². The molecule has 0 aliphatic heterocycles. The number of H-pyrrole nitrogens is 1. The van der Waals surface area contributed by atoms with Crippen molar-refractivity contribution in [1.82, 2.24) is 4.98 Å². The van der Waals surface area contributed by atoms with Crippen molar-refractivity contribution in [2.45, 2.75) is 52.4 Å². The molecule has 1 saturated carbocycles. The highest BCUT2D eigenvalue weighted by atomic mass is 16.3. The van der Waals surface area contributed by atoms with Crippen molar-refractivity contribution >= 4 is 17.4 Å². The number of hydrogen-bond donors (Lipinski definition) is 2. The topological polar surface area (TPSA) is 53.1 Å². The van der Waals surface area contributed by atoms with E-state index in [1.54, 1.807) is 0 Å². The number of aryl methyl sites for hydroxylation is 2. The minimum atomic E-state index is -0.250. The van der Waals surface area contributed by atoms with E-state index in [-0.39, 0.29) is 11.9 Å². The summed E-state index contributed by atoms with van der Waals surface area (Å²) < 4.78 is 0. The Balaban J connectivity index is 0.000000444. The molecule has 1 heterocycles. The Morgan fingerprint density at radius 2 is 1.65 bits per heavy atom. The van der Waals surface area contributed by atoms with Gasteiger partial charge in [0.05, 0.1) is 0 Å². The molecule has 0 unspecified atom stereocenters. The molecule has 2 aromatic carbocycles. The van der Waals surface area contributed by atoms with Gasteiger partial charge < -0.3 is 10.1 Å². The fraction of sp³-hybridized carbons (Fsp3) is 0.348. The Bertz CT molecular complexity index is 842. The van der Waals surface area contributed by atoms with Crippen LogP contribution in [0, 0.1) is 13.8 Å². The molecule has 0 amide bonds. The van der Waals surface area contributed by atoms with Gasteiger partial charge in [-0.25, -0.2) is 0 Å². The van der Waals surface area contributed by atoms with Crippen LogP contribution in [0.3, 0.4) is 0 Å². The van der Waals surface area contributed by atoms with E-state index in [0.29, 0.717) is 0 Å². The lowest BCUT2D eigenvalue weighted by Gasteiger charge is -2.42. The number of fused-ring (bicyclic) bond motifs is 1. The van der Waals surface area contributed by atoms with Crippen molar-refractivity contribution in [3.8, 4) is 0 Å². The molecule has 26 heavy (non-hydrogen) atoms. The molecule has 0 spiro atoms. The summed E-state index contributed by atoms with van der Waals surface area (Å²) in [4.78, 5) is 11.9. The Hall–Kier alpha value is -2.55. The molecule has 1 aliphatic rings. The Kier molecular flexibility index (Phi) is 6.62. The molecule has 0 saturated heterocycles. The number of rotatable bonds is 2. The van der Waals surface area contributed by atoms with E-state index in [1.165, 1.54) is 52.4 Å². The number of nitrogens with one attached hydrogen (secondary N) is 1. The number of benzene rings is 2. The second-order valence-electron chi connectivity index (χ2n) is 6.61. The monoisotopic (exact) mass is 351 g/mol. The lowest BCUT2D eigenvalue weighted by molar-refractivity contribution is -0.122. The first-order valence-corrected chi connectivity index (χ1v) is 9.34. The minimum absolute atomic E-state index is 0.222. The summed E-state index contributed by atoms with van der Waals surface area (Å²) in [6, 6.07) is 15.8. The molecule has 2 N–H and O–H groups in total. The van der Waals surface area contributed by atoms with Gasteiger partial charge in [0, 0.05) is 22.5 Å². The predicted molar refractivity (Wildman–Crippen MR) is 109 cm³/mol. The zero-order valence-electron chi connectivity index (χ0n) is 16.2. The fourth-order valence-electron chi connectivity index (χ4n) is 3.82. The van der Waals surface area contributed by atoms with Crippen LogP contribution in [0.5, 0.6) is 0 Å². The summed E-state index contributed by atoms with van der Waals surface area (Å²) in [7, 11) is 0. The zero-order chi connectivity index (χ0) is 19.2. The first kappa shape index (κ1) is 19.8. The van der Waals surface area contributed by atoms with Crippen LogP contribution in [0.1, 0.15) is 55.4 Å². The van der Waals surface area contributed by atoms with Crippen LogP contribution in [0.15, 0.2) is 48.7 Å². The highest BCUT2D eigenvalue weighted by Crippen LogP contribution is 2.51. The molecule has 0 atom stereocenters. The van der Waals surface area contributed by atoms with E-state index < -0.39 is 0 Å². The van der Waals surface area contributed by atoms with Crippen LogP contribution >= 0.6 is 0 Å². The number of carbonyl (C=O) groups is 1. The summed E-state index contributed by atoms with van der Waals surface area (Å²) >= 11 is 0. The largest absolute Gasteiger partial charge is 0.483 e. The molecule has 0 radical (unpaired) electrons. The lowest BCUT2D eigenvalue weighted by atomic mass is 9.60. The Labute approximate surface area is 156 Å². The molecule has 3 heteroatoms. The molecular weight excluding hydrogens is 322 g/mol. The maximum absolute atomic E-state index is 8.36. The smallest absolute Gasteiger partial charge is 0.290 e. The molecule has 0 bridgehead atoms. The maximum atomic E-state index is 8.36. The van der Waals surface area contributed by atoms with E-state index in [0.717, 1.165) is 0 Å². The van der Waals surface area contributed by atoms with Crippen LogP contribution in [0.4, 0.5) is 0 Å². The second-order valence-corrected chi connectivity index (χ2v) is 6.61. The van der Waals surface area contributed by atoms with Gasteiger partial charge in [-0.1, -0.05) is 68.3 Å². The third kappa shape index (κ3) is 3.52. The number of carboxylic acid groups (broad SMARTS) is 1. The van der Waals surface area contributed by atoms with Gasteiger partial charge in [0.1, 0.15) is 0 Å². The summed E-state index contributed by atoms with van der Waals surface area (Å²) in [6.45, 7) is 8.09. The SMILES string of the molecule is CC.Cc1ccc(C2(c3c[nH]c4c(C)cccc34)CCC2)cc1.O=CO. The molecule has 1 fully saturated rings. The standard InChI is InChI=1S/C20H21N.C2H6.CH2O2/c1-14-7-9-16(10-8-14)20(11-4-12-20)18-13-21-19-15(2)5-3-6-17(18)19;1-2;2-1-3/h3,5-10,13,21H,4,11-12H2,1-2H3;1-2H3;1H,(H,2,3). The van der Waals surface area contributed by atoms with Crippen molar-refractivity contribution in [2.24, 2.45) is 0 Å². The molecule has 1 aromatic heterocycles. The zero-order valence-corrected chi connectivity index (χ0v) is 16.2. The first-order valence-electron chi connectivity index (χ1n) is 9.34. The van der Waals surface area contributed by atoms with Crippen molar-refractivity contribution in [3.63, 3.8) is 0 Å². The second kappa shape index (κ2) is 8.70. The molecule has 3 aromatic rings. The summed E-state index contributed by atoms with van der Waals surface area (Å²) in [6.07, 6.45) is 6.09. The number of aromatic nitrogens is 1. The molecular formula is C23H29NO2. The van der Waals surface area contributed by atoms with Crippen LogP contribution in [0.2, 0.25) is 0 Å². The molecule has 3 nitrogen and oxygen atoms in total. The normalized spacial score (nSPS) is 14.3. The van der Waals surface area contributed by atoms with Crippen LogP contribution in [0.25, 0.3) is 10.9 Å². The Morgan fingerprint density at radius 3 is 2.19 bits per heavy atom. The Morgan fingerprint density at radius 1 is 1.04 bits per heavy atom. The van der Waals surface area contributed by atoms with Gasteiger partial charge in [0.25, 0.3) is 6.47 Å². The average molecular weight is 351 g/mol. The van der Waals surface area contributed by atoms with Gasteiger partial charge in [-0.15, -0.1) is 0 Å². The van der Waals surface area contributed by atoms with E-state index in [4.69, 9.17) is 9.90 Å². The lowest BCUT2D eigenvalue weighted by Crippen LogP contribution is -2.35. The van der Waals surface area contributed by atoms with E-state index >= 15 is 0 Å². The van der Waals surface area contributed by atoms with Crippen LogP contribution in [-0.4, -0.2) is 16.6 Å². The van der Waals surface area contributed by atoms with Crippen molar-refractivity contribution in [3.05, 3.63) is 70.9 Å². The molecule has 1 aliphatic carbocycles. The minimum Gasteiger partial charge on any atom is -0.483 e. The van der Waals surface area contributed by atoms with Gasteiger partial charge in [-0.3, -0.25) is 4.79 Å². The van der Waals surface area contributed by atoms with Crippen molar-refractivity contribution < 1.29 is 9.90 Å². The van der Waals surface area contributed by atoms with E-state index in [2.05, 4.69) is 67.5 Å². The van der Waals surface area contributed by atoms with Gasteiger partial charge in [-0.2, -0.15) is 0 Å². The number of hydrogen-bond acceptors (Lipinski definition) is 1. The highest BCUT2D eigenvalue weighted by Gasteiger charge is 2.41. The fourth-order valence-corrected chi connectivity index (χ4v) is 3.82. The average Bonchev–Trinajstić information content (AvgIpc) is 3.04. The summed E-state index contributed by atoms with van der Waals surface area (Å²) in [5.41, 5.74) is 7.14. The third-order valence-electron chi connectivity index (χ3n) is 5.25. The van der Waals surface area contributed by atoms with Gasteiger partial charge in [0.15, 0.2) is 0 Å². The summed E-state index contributed by atoms with van der Waals surface area (Å²) in [5.74, 6) is 0. The van der Waals surface area contributed by atoms with Crippen molar-refractivity contribution in [1.29, 1.82) is 0 Å². The predicted octanol–water partition coefficient (Wildman–Crippen LogP) is 5.98. The number of para-hydroxylation sites is 1. The van der Waals surface area contributed by atoms with Crippen molar-refractivity contribution in [2.75, 3.05) is 0 Å². The molecule has 138 valence electrons. The first-order chi connectivity index (χ1) is 12.6. The van der Waals surface area contributed by atoms with E-state index in [9.17, 15) is 0 Å². The quantitative estimate of drug-likeness (QED) is 0.558. The van der Waals surface area contributed by atoms with Crippen LogP contribution in [-0.2, 0) is 10.2 Å². The van der Waals surface area contributed by atoms with Gasteiger partial charge in [-0.05, 0) is 43.4 Å². The number of aromatic amines is 1. The van der Waals surface area contributed by atoms with Gasteiger partial charge in [0.2, 0.25) is 0 Å². The highest BCUT2D eigenvalue weighted by molar-refractivity contribution is 5.87. The van der Waals surface area contributed by atoms with E-state index in [1.807, 2.05) is 13.8 Å². The third-order valence-corrected chi connectivity index (χ3v) is 5.25.